The highest BCUT2D eigenvalue weighted by molar-refractivity contribution is 5.73. The molecule has 0 spiro atoms. The average Bonchev–Trinajstić information content (AvgIpc) is 3.37. The SMILES string of the molecule is CCC(=O)O.COC1OC(CO)C(OC2OC(CO)C(C)C(O)C2N)C(O)C1NC(C)=O.COC1OC(CO)C(OC2OC(CO)C(OC3OC(CO)C(C)C(O)C3NCCC(=O)O)C(O)C2N)C(O)C1NC(C)=O. The maximum Gasteiger partial charge on any atom is 0.304 e. The van der Waals surface area contributed by atoms with Crippen LogP contribution in [-0.4, -0.2) is 280 Å². The average molecular weight is 1100 g/mol. The van der Waals surface area contributed by atoms with Crippen molar-refractivity contribution in [3.05, 3.63) is 0 Å². The van der Waals surface area contributed by atoms with E-state index in [9.17, 15) is 70.2 Å². The summed E-state index contributed by atoms with van der Waals surface area (Å²) in [6.07, 6.45) is -21.6. The molecular weight excluding hydrogens is 1010 g/mol. The number of nitrogens with one attached hydrogen (secondary N) is 3. The van der Waals surface area contributed by atoms with Crippen LogP contribution in [0.4, 0.5) is 0 Å². The number of hydrogen-bond donors (Lipinski definition) is 17. The summed E-state index contributed by atoms with van der Waals surface area (Å²) in [5, 5.41) is 128. The first-order chi connectivity index (χ1) is 35.4. The van der Waals surface area contributed by atoms with Gasteiger partial charge in [0.1, 0.15) is 67.0 Å². The van der Waals surface area contributed by atoms with E-state index in [0.29, 0.717) is 0 Å². The van der Waals surface area contributed by atoms with Crippen molar-refractivity contribution < 1.29 is 128 Å². The monoisotopic (exact) mass is 1100 g/mol. The van der Waals surface area contributed by atoms with Gasteiger partial charge in [0.05, 0.1) is 82.0 Å². The predicted octanol–water partition coefficient (Wildman–Crippen LogP) is -8.34. The van der Waals surface area contributed by atoms with Crippen LogP contribution in [0.25, 0.3) is 0 Å². The summed E-state index contributed by atoms with van der Waals surface area (Å²) < 4.78 is 56.4. The second kappa shape index (κ2) is 31.5. The van der Waals surface area contributed by atoms with E-state index in [2.05, 4.69) is 16.0 Å². The van der Waals surface area contributed by atoms with Crippen LogP contribution in [0.1, 0.15) is 47.5 Å². The number of ether oxygens (including phenoxy) is 10. The molecule has 25 unspecified atom stereocenters. The fraction of sp³-hybridized carbons (Fsp3) is 0.909. The van der Waals surface area contributed by atoms with Crippen molar-refractivity contribution in [1.29, 1.82) is 0 Å². The third kappa shape index (κ3) is 17.5. The van der Waals surface area contributed by atoms with Crippen LogP contribution in [0.15, 0.2) is 0 Å². The van der Waals surface area contributed by atoms with Crippen molar-refractivity contribution in [3.8, 4) is 0 Å². The Kier molecular flexibility index (Phi) is 27.8. The number of methoxy groups -OCH3 is 2. The minimum atomic E-state index is -1.59. The number of aliphatic hydroxyl groups is 10. The highest BCUT2D eigenvalue weighted by atomic mass is 16.8. The van der Waals surface area contributed by atoms with Crippen molar-refractivity contribution in [1.82, 2.24) is 16.0 Å². The standard InChI is InChI=1S/C25H45N3O15.C16H30N2O9.C3H6O2/c1-9-11(6-29)39-25(16(18(9)35)27-5-4-14(33)34)43-21-12(7-30)40-23(15(26)19(21)36)42-22-13(8-31)41-24(38-3)17(20(22)37)28-10(2)32;1-6-8(4-19)25-15(10(17)12(6)22)27-14-9(5-20)26-16(24-3)11(13(14)23)18-7(2)21;1-2-3(4)5/h9,11-13,15-25,27,29-31,35-37H,4-8,26H2,1-3H3,(H,28,32)(H,33,34);6,8-16,19-20,22-23H,4-5,17H2,1-3H3,(H,18,21);2H2,1H3,(H,4,5). The molecule has 438 valence electrons. The van der Waals surface area contributed by atoms with E-state index >= 15 is 0 Å². The molecule has 2 amide bonds. The van der Waals surface area contributed by atoms with Gasteiger partial charge in [-0.2, -0.15) is 0 Å². The minimum absolute atomic E-state index is 0.0550. The summed E-state index contributed by atoms with van der Waals surface area (Å²) in [5.74, 6) is -3.73. The lowest BCUT2D eigenvalue weighted by Gasteiger charge is -2.49. The van der Waals surface area contributed by atoms with Crippen LogP contribution in [-0.2, 0) is 66.5 Å². The topological polar surface area (TPSA) is 491 Å². The van der Waals surface area contributed by atoms with E-state index in [0.717, 1.165) is 0 Å². The molecule has 0 bridgehead atoms. The fourth-order valence-electron chi connectivity index (χ4n) is 8.92. The summed E-state index contributed by atoms with van der Waals surface area (Å²) in [6.45, 7) is 4.70. The zero-order valence-corrected chi connectivity index (χ0v) is 42.8. The molecule has 0 aliphatic carbocycles. The van der Waals surface area contributed by atoms with Gasteiger partial charge in [0.15, 0.2) is 31.5 Å². The van der Waals surface area contributed by atoms with Crippen LogP contribution in [0.3, 0.4) is 0 Å². The molecule has 5 aliphatic rings. The Morgan fingerprint density at radius 1 is 0.493 bits per heavy atom. The van der Waals surface area contributed by atoms with Crippen LogP contribution in [0.5, 0.6) is 0 Å². The number of aliphatic hydroxyl groups excluding tert-OH is 10. The van der Waals surface area contributed by atoms with Gasteiger partial charge < -0.3 is 136 Å². The Balaban J connectivity index is 0.000000394. The molecule has 0 aromatic heterocycles. The van der Waals surface area contributed by atoms with Gasteiger partial charge in [-0.25, -0.2) is 0 Å². The zero-order valence-electron chi connectivity index (χ0n) is 42.8. The van der Waals surface area contributed by atoms with Crippen molar-refractivity contribution in [2.45, 2.75) is 188 Å². The van der Waals surface area contributed by atoms with E-state index in [1.165, 1.54) is 28.1 Å². The van der Waals surface area contributed by atoms with Gasteiger partial charge in [-0.15, -0.1) is 0 Å². The van der Waals surface area contributed by atoms with E-state index in [1.54, 1.807) is 20.8 Å². The van der Waals surface area contributed by atoms with Gasteiger partial charge in [-0.1, -0.05) is 20.8 Å². The number of carbonyl (C=O) groups excluding carboxylic acids is 2. The molecule has 5 heterocycles. The second-order valence-electron chi connectivity index (χ2n) is 18.6. The lowest BCUT2D eigenvalue weighted by Crippen LogP contribution is -2.69. The highest BCUT2D eigenvalue weighted by Gasteiger charge is 2.54. The molecule has 0 radical (unpaired) electrons. The minimum Gasteiger partial charge on any atom is -0.481 e. The van der Waals surface area contributed by atoms with Gasteiger partial charge >= 0.3 is 11.9 Å². The molecule has 0 aromatic rings. The van der Waals surface area contributed by atoms with Crippen LogP contribution < -0.4 is 27.4 Å². The van der Waals surface area contributed by atoms with Gasteiger partial charge in [0.2, 0.25) is 11.8 Å². The molecule has 31 heteroatoms. The Hall–Kier alpha value is -3.04. The smallest absolute Gasteiger partial charge is 0.304 e. The molecule has 0 saturated carbocycles. The first kappa shape index (κ1) is 66.2. The third-order valence-corrected chi connectivity index (χ3v) is 13.3. The largest absolute Gasteiger partial charge is 0.481 e. The number of aliphatic carboxylic acids is 2. The Labute approximate surface area is 432 Å². The molecule has 0 aromatic carbocycles. The normalized spacial score (nSPS) is 41.9. The number of rotatable bonds is 20. The number of amides is 2. The molecule has 75 heavy (non-hydrogen) atoms. The first-order valence-electron chi connectivity index (χ1n) is 24.4. The summed E-state index contributed by atoms with van der Waals surface area (Å²) in [5.41, 5.74) is 12.2. The van der Waals surface area contributed by atoms with Gasteiger partial charge in [-0.05, 0) is 0 Å². The Morgan fingerprint density at radius 3 is 1.19 bits per heavy atom. The van der Waals surface area contributed by atoms with Gasteiger partial charge in [-0.3, -0.25) is 19.2 Å². The maximum absolute atomic E-state index is 11.7. The summed E-state index contributed by atoms with van der Waals surface area (Å²) in [7, 11) is 2.63. The van der Waals surface area contributed by atoms with E-state index in [4.69, 9.17) is 69.0 Å². The molecular formula is C44H81N5O26. The molecule has 31 nitrogen and oxygen atoms in total. The predicted molar refractivity (Wildman–Crippen MR) is 249 cm³/mol. The third-order valence-electron chi connectivity index (χ3n) is 13.3. The van der Waals surface area contributed by atoms with Gasteiger partial charge in [0, 0.05) is 52.9 Å². The quantitative estimate of drug-likeness (QED) is 0.0538. The molecule has 19 N–H and O–H groups in total. The maximum atomic E-state index is 11.7. The van der Waals surface area contributed by atoms with Crippen LogP contribution >= 0.6 is 0 Å². The Bertz CT molecular complexity index is 1730. The number of nitrogens with two attached hydrogens (primary N) is 2. The Morgan fingerprint density at radius 2 is 0.827 bits per heavy atom. The molecule has 5 fully saturated rings. The zero-order chi connectivity index (χ0) is 56.6. The number of carboxylic acid groups (broad SMARTS) is 2. The number of carboxylic acids is 2. The number of carbonyl (C=O) groups is 4. The van der Waals surface area contributed by atoms with E-state index in [1.807, 2.05) is 0 Å². The fourth-order valence-corrected chi connectivity index (χ4v) is 8.92. The van der Waals surface area contributed by atoms with Crippen molar-refractivity contribution in [2.75, 3.05) is 53.8 Å². The number of hydrogen-bond acceptors (Lipinski definition) is 27. The van der Waals surface area contributed by atoms with Crippen molar-refractivity contribution in [2.24, 2.45) is 23.3 Å². The molecule has 25 atom stereocenters. The summed E-state index contributed by atoms with van der Waals surface area (Å²) in [6, 6.07) is -5.37. The van der Waals surface area contributed by atoms with Crippen LogP contribution in [0, 0.1) is 11.8 Å². The first-order valence-corrected chi connectivity index (χ1v) is 24.4. The summed E-state index contributed by atoms with van der Waals surface area (Å²) >= 11 is 0. The van der Waals surface area contributed by atoms with E-state index in [-0.39, 0.29) is 26.0 Å². The van der Waals surface area contributed by atoms with E-state index < -0.39 is 203 Å². The van der Waals surface area contributed by atoms with Crippen molar-refractivity contribution in [3.63, 3.8) is 0 Å². The van der Waals surface area contributed by atoms with Crippen molar-refractivity contribution >= 4 is 23.8 Å². The second-order valence-corrected chi connectivity index (χ2v) is 18.6. The molecule has 5 saturated heterocycles. The highest BCUT2D eigenvalue weighted by Crippen LogP contribution is 2.34. The summed E-state index contributed by atoms with van der Waals surface area (Å²) in [4.78, 5) is 43.5. The van der Waals surface area contributed by atoms with Gasteiger partial charge in [0.25, 0.3) is 0 Å². The van der Waals surface area contributed by atoms with Crippen LogP contribution in [0.2, 0.25) is 0 Å². The molecule has 5 aliphatic heterocycles. The lowest BCUT2D eigenvalue weighted by molar-refractivity contribution is -0.349. The molecule has 5 rings (SSSR count). The lowest BCUT2D eigenvalue weighted by atomic mass is 9.89.